The molecular weight excluding hydrogens is 306 g/mol. The molecule has 2 amide bonds. The fraction of sp³-hybridized carbons (Fsp3) is 0.429. The smallest absolute Gasteiger partial charge is 0.440 e. The molecule has 1 aromatic rings. The Morgan fingerprint density at radius 2 is 1.77 bits per heavy atom. The Kier molecular flexibility index (Phi) is 6.53. The van der Waals surface area contributed by atoms with Crippen LogP contribution in [0.2, 0.25) is 0 Å². The van der Waals surface area contributed by atoms with Crippen LogP contribution in [-0.2, 0) is 9.47 Å². The third kappa shape index (κ3) is 5.18. The van der Waals surface area contributed by atoms with Crippen LogP contribution in [0.5, 0.6) is 0 Å². The summed E-state index contributed by atoms with van der Waals surface area (Å²) >= 11 is 1.37. The molecule has 1 rings (SSSR count). The lowest BCUT2D eigenvalue weighted by molar-refractivity contribution is 0.0518. The molecule has 8 heteroatoms. The van der Waals surface area contributed by atoms with Gasteiger partial charge in [0.25, 0.3) is 0 Å². The SMILES string of the molecule is CC(C)OC(=O)N(/N=C(\C#N)c1ccsc1)C(=O)OC(C)C. The number of carbonyl (C=O) groups excluding carboxylic acids is 2. The van der Waals surface area contributed by atoms with Crippen molar-refractivity contribution in [3.8, 4) is 6.07 Å². The molecule has 0 aromatic carbocycles. The largest absolute Gasteiger partial charge is 0.445 e. The van der Waals surface area contributed by atoms with Gasteiger partial charge in [0.05, 0.1) is 12.2 Å². The Labute approximate surface area is 132 Å². The zero-order chi connectivity index (χ0) is 16.7. The minimum absolute atomic E-state index is 0.0809. The number of hydrogen-bond donors (Lipinski definition) is 0. The van der Waals surface area contributed by atoms with Gasteiger partial charge in [0.15, 0.2) is 5.71 Å². The Morgan fingerprint density at radius 3 is 2.14 bits per heavy atom. The van der Waals surface area contributed by atoms with Crippen molar-refractivity contribution < 1.29 is 19.1 Å². The lowest BCUT2D eigenvalue weighted by Gasteiger charge is -2.18. The van der Waals surface area contributed by atoms with Crippen molar-refractivity contribution >= 4 is 29.2 Å². The van der Waals surface area contributed by atoms with Crippen LogP contribution in [0.4, 0.5) is 9.59 Å². The lowest BCUT2D eigenvalue weighted by Crippen LogP contribution is -2.36. The Morgan fingerprint density at radius 1 is 1.23 bits per heavy atom. The molecule has 0 aliphatic heterocycles. The Balaban J connectivity index is 3.11. The Hall–Kier alpha value is -2.40. The van der Waals surface area contributed by atoms with E-state index in [-0.39, 0.29) is 5.71 Å². The van der Waals surface area contributed by atoms with Gasteiger partial charge in [0, 0.05) is 10.9 Å². The van der Waals surface area contributed by atoms with Crippen molar-refractivity contribution in [3.05, 3.63) is 22.4 Å². The maximum Gasteiger partial charge on any atom is 0.440 e. The molecule has 1 aromatic heterocycles. The van der Waals surface area contributed by atoms with Crippen molar-refractivity contribution in [2.45, 2.75) is 39.9 Å². The molecule has 0 radical (unpaired) electrons. The summed E-state index contributed by atoms with van der Waals surface area (Å²) in [5.41, 5.74) is 0.426. The van der Waals surface area contributed by atoms with Gasteiger partial charge < -0.3 is 9.47 Å². The summed E-state index contributed by atoms with van der Waals surface area (Å²) in [5.74, 6) is 0. The van der Waals surface area contributed by atoms with Gasteiger partial charge in [0.1, 0.15) is 6.07 Å². The van der Waals surface area contributed by atoms with E-state index in [0.717, 1.165) is 0 Å². The van der Waals surface area contributed by atoms with Gasteiger partial charge in [-0.25, -0.2) is 9.59 Å². The number of thiophene rings is 1. The molecule has 0 aliphatic carbocycles. The van der Waals surface area contributed by atoms with Crippen LogP contribution >= 0.6 is 11.3 Å². The summed E-state index contributed by atoms with van der Waals surface area (Å²) in [4.78, 5) is 24.0. The van der Waals surface area contributed by atoms with Crippen molar-refractivity contribution in [1.82, 2.24) is 5.01 Å². The van der Waals surface area contributed by atoms with Gasteiger partial charge in [-0.05, 0) is 39.1 Å². The number of nitriles is 1. The Bertz CT molecular complexity index is 566. The van der Waals surface area contributed by atoms with Crippen LogP contribution < -0.4 is 0 Å². The summed E-state index contributed by atoms with van der Waals surface area (Å²) in [7, 11) is 0. The maximum atomic E-state index is 12.0. The van der Waals surface area contributed by atoms with Crippen molar-refractivity contribution in [2.75, 3.05) is 0 Å². The van der Waals surface area contributed by atoms with Gasteiger partial charge in [-0.2, -0.15) is 16.6 Å². The average molecular weight is 323 g/mol. The number of nitrogens with zero attached hydrogens (tertiary/aromatic N) is 3. The molecule has 22 heavy (non-hydrogen) atoms. The predicted molar refractivity (Wildman–Crippen MR) is 81.5 cm³/mol. The van der Waals surface area contributed by atoms with E-state index in [2.05, 4.69) is 5.10 Å². The molecule has 118 valence electrons. The van der Waals surface area contributed by atoms with E-state index in [9.17, 15) is 9.59 Å². The standard InChI is InChI=1S/C14H17N3O4S/c1-9(2)20-13(18)17(14(19)21-10(3)4)16-12(7-15)11-5-6-22-8-11/h5-6,8-10H,1-4H3/b16-12+. The van der Waals surface area contributed by atoms with Crippen LogP contribution in [0, 0.1) is 11.3 Å². The van der Waals surface area contributed by atoms with Crippen LogP contribution in [-0.4, -0.2) is 35.1 Å². The van der Waals surface area contributed by atoms with E-state index in [0.29, 0.717) is 10.6 Å². The molecule has 0 atom stereocenters. The summed E-state index contributed by atoms with van der Waals surface area (Å²) in [6.45, 7) is 6.55. The van der Waals surface area contributed by atoms with Crippen LogP contribution in [0.3, 0.4) is 0 Å². The maximum absolute atomic E-state index is 12.0. The zero-order valence-electron chi connectivity index (χ0n) is 12.8. The van der Waals surface area contributed by atoms with E-state index in [4.69, 9.17) is 14.7 Å². The second kappa shape index (κ2) is 8.14. The first-order valence-corrected chi connectivity index (χ1v) is 7.52. The van der Waals surface area contributed by atoms with Crippen molar-refractivity contribution in [3.63, 3.8) is 0 Å². The number of imide groups is 1. The summed E-state index contributed by atoms with van der Waals surface area (Å²) in [6.07, 6.45) is -2.88. The third-order valence-corrected chi connectivity index (χ3v) is 2.80. The third-order valence-electron chi connectivity index (χ3n) is 2.12. The molecule has 0 bridgehead atoms. The normalized spacial score (nSPS) is 11.2. The summed E-state index contributed by atoms with van der Waals surface area (Å²) < 4.78 is 9.90. The number of amides is 2. The number of hydrogen-bond acceptors (Lipinski definition) is 7. The first-order valence-electron chi connectivity index (χ1n) is 6.57. The molecule has 0 fully saturated rings. The molecule has 0 saturated carbocycles. The first kappa shape index (κ1) is 17.7. The fourth-order valence-corrected chi connectivity index (χ4v) is 1.94. The first-order chi connectivity index (χ1) is 10.3. The van der Waals surface area contributed by atoms with E-state index in [1.165, 1.54) is 11.3 Å². The highest BCUT2D eigenvalue weighted by molar-refractivity contribution is 7.08. The van der Waals surface area contributed by atoms with E-state index >= 15 is 0 Å². The monoisotopic (exact) mass is 323 g/mol. The summed E-state index contributed by atoms with van der Waals surface area (Å²) in [6, 6.07) is 3.51. The molecule has 1 heterocycles. The van der Waals surface area contributed by atoms with E-state index in [1.54, 1.807) is 44.5 Å². The quantitative estimate of drug-likeness (QED) is 0.625. The molecule has 0 saturated heterocycles. The van der Waals surface area contributed by atoms with Crippen LogP contribution in [0.15, 0.2) is 21.9 Å². The molecular formula is C14H17N3O4S. The minimum Gasteiger partial charge on any atom is -0.445 e. The van der Waals surface area contributed by atoms with Crippen LogP contribution in [0.25, 0.3) is 0 Å². The van der Waals surface area contributed by atoms with Crippen molar-refractivity contribution in [2.24, 2.45) is 5.10 Å². The average Bonchev–Trinajstić information content (AvgIpc) is 2.91. The predicted octanol–water partition coefficient (Wildman–Crippen LogP) is 3.37. The molecule has 0 unspecified atom stereocenters. The minimum atomic E-state index is -0.997. The number of carbonyl (C=O) groups is 2. The van der Waals surface area contributed by atoms with E-state index < -0.39 is 24.4 Å². The highest BCUT2D eigenvalue weighted by Crippen LogP contribution is 2.11. The van der Waals surface area contributed by atoms with E-state index in [1.807, 2.05) is 6.07 Å². The highest BCUT2D eigenvalue weighted by Gasteiger charge is 2.27. The van der Waals surface area contributed by atoms with Gasteiger partial charge in [-0.1, -0.05) is 5.01 Å². The zero-order valence-corrected chi connectivity index (χ0v) is 13.6. The molecule has 0 spiro atoms. The van der Waals surface area contributed by atoms with Gasteiger partial charge in [-0.15, -0.1) is 5.10 Å². The molecule has 7 nitrogen and oxygen atoms in total. The lowest BCUT2D eigenvalue weighted by atomic mass is 10.2. The van der Waals surface area contributed by atoms with Gasteiger partial charge >= 0.3 is 12.2 Å². The molecule has 0 aliphatic rings. The highest BCUT2D eigenvalue weighted by atomic mass is 32.1. The van der Waals surface area contributed by atoms with Gasteiger partial charge in [-0.3, -0.25) is 0 Å². The van der Waals surface area contributed by atoms with Crippen LogP contribution in [0.1, 0.15) is 33.3 Å². The van der Waals surface area contributed by atoms with Gasteiger partial charge in [0.2, 0.25) is 0 Å². The summed E-state index contributed by atoms with van der Waals surface area (Å²) in [5, 5.41) is 16.8. The fourth-order valence-electron chi connectivity index (χ4n) is 1.30. The number of rotatable bonds is 4. The second-order valence-electron chi connectivity index (χ2n) is 4.75. The molecule has 0 N–H and O–H groups in total. The topological polar surface area (TPSA) is 92.0 Å². The number of ether oxygens (including phenoxy) is 2. The number of hydrazone groups is 1. The second-order valence-corrected chi connectivity index (χ2v) is 5.53. The van der Waals surface area contributed by atoms with Crippen molar-refractivity contribution in [1.29, 1.82) is 5.26 Å².